The Bertz CT molecular complexity index is 419. The van der Waals surface area contributed by atoms with Gasteiger partial charge < -0.3 is 5.32 Å². The number of hydrogen-bond donors (Lipinski definition) is 1. The molecule has 0 aromatic heterocycles. The van der Waals surface area contributed by atoms with Gasteiger partial charge in [-0.3, -0.25) is 4.90 Å². The third kappa shape index (κ3) is 3.47. The molecule has 1 aliphatic heterocycles. The molecule has 1 aromatic rings. The summed E-state index contributed by atoms with van der Waals surface area (Å²) < 4.78 is 13.3. The van der Waals surface area contributed by atoms with E-state index in [0.717, 1.165) is 38.2 Å². The molecule has 2 rings (SSSR count). The lowest BCUT2D eigenvalue weighted by Crippen LogP contribution is -2.46. The number of piperazine rings is 1. The van der Waals surface area contributed by atoms with E-state index in [4.69, 9.17) is 11.6 Å². The Hall–Kier alpha value is -0.640. The zero-order chi connectivity index (χ0) is 13.8. The van der Waals surface area contributed by atoms with E-state index < -0.39 is 0 Å². The van der Waals surface area contributed by atoms with Crippen molar-refractivity contribution in [3.63, 3.8) is 0 Å². The second kappa shape index (κ2) is 6.69. The predicted molar refractivity (Wildman–Crippen MR) is 78.0 cm³/mol. The summed E-state index contributed by atoms with van der Waals surface area (Å²) in [5, 5.41) is 3.59. The summed E-state index contributed by atoms with van der Waals surface area (Å²) in [4.78, 5) is 2.48. The monoisotopic (exact) mass is 284 g/mol. The van der Waals surface area contributed by atoms with E-state index >= 15 is 0 Å². The van der Waals surface area contributed by atoms with Crippen LogP contribution in [-0.4, -0.2) is 31.1 Å². The molecule has 1 unspecified atom stereocenters. The van der Waals surface area contributed by atoms with Crippen LogP contribution in [-0.2, 0) is 0 Å². The van der Waals surface area contributed by atoms with Crippen molar-refractivity contribution in [3.05, 3.63) is 34.6 Å². The molecule has 1 heterocycles. The van der Waals surface area contributed by atoms with Crippen molar-refractivity contribution in [1.82, 2.24) is 10.2 Å². The van der Waals surface area contributed by atoms with E-state index in [0.29, 0.717) is 12.0 Å². The minimum absolute atomic E-state index is 0.223. The van der Waals surface area contributed by atoms with Gasteiger partial charge in [0, 0.05) is 32.2 Å². The van der Waals surface area contributed by atoms with Crippen LogP contribution in [0.3, 0.4) is 0 Å². The zero-order valence-corrected chi connectivity index (χ0v) is 12.4. The molecule has 1 aliphatic rings. The Morgan fingerprint density at radius 2 is 2.05 bits per heavy atom. The SMILES string of the molecule is CCC(C)[C@H](c1ccc(F)c(Cl)c1)N1CCNCC1. The van der Waals surface area contributed by atoms with Crippen LogP contribution in [0.5, 0.6) is 0 Å². The first kappa shape index (κ1) is 14.8. The number of nitrogens with one attached hydrogen (secondary N) is 1. The molecule has 1 saturated heterocycles. The second-order valence-corrected chi connectivity index (χ2v) is 5.70. The van der Waals surface area contributed by atoms with E-state index in [1.54, 1.807) is 6.07 Å². The minimum Gasteiger partial charge on any atom is -0.314 e. The van der Waals surface area contributed by atoms with Crippen LogP contribution in [0.4, 0.5) is 4.39 Å². The number of rotatable bonds is 4. The maximum atomic E-state index is 13.3. The fourth-order valence-corrected chi connectivity index (χ4v) is 2.97. The van der Waals surface area contributed by atoms with Gasteiger partial charge in [0.15, 0.2) is 0 Å². The number of halogens is 2. The fourth-order valence-electron chi connectivity index (χ4n) is 2.78. The van der Waals surface area contributed by atoms with Gasteiger partial charge in [-0.15, -0.1) is 0 Å². The summed E-state index contributed by atoms with van der Waals surface area (Å²) >= 11 is 5.94. The average Bonchev–Trinajstić information content (AvgIpc) is 2.44. The van der Waals surface area contributed by atoms with Gasteiger partial charge in [-0.2, -0.15) is 0 Å². The Labute approximate surface area is 119 Å². The Morgan fingerprint density at radius 3 is 2.63 bits per heavy atom. The Kier molecular flexibility index (Phi) is 5.20. The first-order valence-electron chi connectivity index (χ1n) is 7.03. The summed E-state index contributed by atoms with van der Waals surface area (Å²) in [6, 6.07) is 5.47. The molecule has 1 fully saturated rings. The lowest BCUT2D eigenvalue weighted by Gasteiger charge is -2.38. The molecule has 106 valence electrons. The molecule has 1 N–H and O–H groups in total. The lowest BCUT2D eigenvalue weighted by atomic mass is 9.90. The maximum Gasteiger partial charge on any atom is 0.141 e. The highest BCUT2D eigenvalue weighted by Crippen LogP contribution is 2.32. The van der Waals surface area contributed by atoms with E-state index in [-0.39, 0.29) is 10.8 Å². The smallest absolute Gasteiger partial charge is 0.141 e. The highest BCUT2D eigenvalue weighted by molar-refractivity contribution is 6.30. The molecule has 0 saturated carbocycles. The van der Waals surface area contributed by atoms with Gasteiger partial charge in [-0.05, 0) is 23.6 Å². The molecule has 0 bridgehead atoms. The molecular weight excluding hydrogens is 263 g/mol. The normalized spacial score (nSPS) is 20.2. The molecule has 0 aliphatic carbocycles. The first-order chi connectivity index (χ1) is 9.13. The highest BCUT2D eigenvalue weighted by Gasteiger charge is 2.26. The molecule has 19 heavy (non-hydrogen) atoms. The summed E-state index contributed by atoms with van der Waals surface area (Å²) in [6.45, 7) is 8.55. The summed E-state index contributed by atoms with van der Waals surface area (Å²) in [5.74, 6) is 0.188. The quantitative estimate of drug-likeness (QED) is 0.911. The van der Waals surface area contributed by atoms with Crippen LogP contribution in [0.25, 0.3) is 0 Å². The van der Waals surface area contributed by atoms with Crippen LogP contribution >= 0.6 is 11.6 Å². The van der Waals surface area contributed by atoms with Crippen molar-refractivity contribution in [2.75, 3.05) is 26.2 Å². The zero-order valence-electron chi connectivity index (χ0n) is 11.6. The van der Waals surface area contributed by atoms with Crippen molar-refractivity contribution < 1.29 is 4.39 Å². The minimum atomic E-state index is -0.339. The van der Waals surface area contributed by atoms with Crippen LogP contribution < -0.4 is 5.32 Å². The fraction of sp³-hybridized carbons (Fsp3) is 0.600. The molecule has 2 atom stereocenters. The van der Waals surface area contributed by atoms with Gasteiger partial charge in [0.2, 0.25) is 0 Å². The standard InChI is InChI=1S/C15H22ClFN2/c1-3-11(2)15(19-8-6-18-7-9-19)12-4-5-14(17)13(16)10-12/h4-5,10-11,15,18H,3,6-9H2,1-2H3/t11?,15-/m1/s1. The van der Waals surface area contributed by atoms with Gasteiger partial charge in [-0.25, -0.2) is 4.39 Å². The van der Waals surface area contributed by atoms with Gasteiger partial charge >= 0.3 is 0 Å². The van der Waals surface area contributed by atoms with Crippen molar-refractivity contribution in [1.29, 1.82) is 0 Å². The summed E-state index contributed by atoms with van der Waals surface area (Å²) in [6.07, 6.45) is 1.10. The topological polar surface area (TPSA) is 15.3 Å². The average molecular weight is 285 g/mol. The van der Waals surface area contributed by atoms with Gasteiger partial charge in [0.05, 0.1) is 5.02 Å². The van der Waals surface area contributed by atoms with E-state index in [9.17, 15) is 4.39 Å². The number of hydrogen-bond acceptors (Lipinski definition) is 2. The van der Waals surface area contributed by atoms with Crippen molar-refractivity contribution in [2.24, 2.45) is 5.92 Å². The highest BCUT2D eigenvalue weighted by atomic mass is 35.5. The third-order valence-corrected chi connectivity index (χ3v) is 4.30. The summed E-state index contributed by atoms with van der Waals surface area (Å²) in [5.41, 5.74) is 1.13. The molecule has 1 aromatic carbocycles. The van der Waals surface area contributed by atoms with Gasteiger partial charge in [0.1, 0.15) is 5.82 Å². The van der Waals surface area contributed by atoms with Crippen LogP contribution in [0.2, 0.25) is 5.02 Å². The number of benzene rings is 1. The van der Waals surface area contributed by atoms with Gasteiger partial charge in [-0.1, -0.05) is 37.9 Å². The second-order valence-electron chi connectivity index (χ2n) is 5.29. The predicted octanol–water partition coefficient (Wildman–Crippen LogP) is 3.47. The van der Waals surface area contributed by atoms with Crippen molar-refractivity contribution >= 4 is 11.6 Å². The number of nitrogens with zero attached hydrogens (tertiary/aromatic N) is 1. The Balaban J connectivity index is 2.27. The molecule has 2 nitrogen and oxygen atoms in total. The van der Waals surface area contributed by atoms with Crippen LogP contribution in [0, 0.1) is 11.7 Å². The van der Waals surface area contributed by atoms with Crippen molar-refractivity contribution in [3.8, 4) is 0 Å². The maximum absolute atomic E-state index is 13.3. The van der Waals surface area contributed by atoms with E-state index in [2.05, 4.69) is 24.1 Å². The van der Waals surface area contributed by atoms with Crippen LogP contribution in [0.1, 0.15) is 31.9 Å². The summed E-state index contributed by atoms with van der Waals surface area (Å²) in [7, 11) is 0. The molecule has 0 spiro atoms. The first-order valence-corrected chi connectivity index (χ1v) is 7.41. The largest absolute Gasteiger partial charge is 0.314 e. The van der Waals surface area contributed by atoms with E-state index in [1.807, 2.05) is 6.07 Å². The van der Waals surface area contributed by atoms with Crippen molar-refractivity contribution in [2.45, 2.75) is 26.3 Å². The Morgan fingerprint density at radius 1 is 1.37 bits per heavy atom. The molecule has 4 heteroatoms. The van der Waals surface area contributed by atoms with E-state index in [1.165, 1.54) is 6.07 Å². The van der Waals surface area contributed by atoms with Gasteiger partial charge in [0.25, 0.3) is 0 Å². The third-order valence-electron chi connectivity index (χ3n) is 4.01. The molecule has 0 amide bonds. The molecule has 0 radical (unpaired) electrons. The molecular formula is C15H22ClFN2. The van der Waals surface area contributed by atoms with Crippen LogP contribution in [0.15, 0.2) is 18.2 Å². The lowest BCUT2D eigenvalue weighted by molar-refractivity contribution is 0.128.